The standard InChI is InChI=1S/C20H24O9/c1-7-12(22)26-10-6-17-9-5-8(16(2,3)4)18(17)11(21)13(23)28-15(18)29-20(17,14(24)27-9)19(7,10)25/h7-11,15,21,25H,5-6H2,1-4H3/t7?,8?,9-,10+,11?,15+,17+,18?,19+,20?/m0/s1. The lowest BCUT2D eigenvalue weighted by atomic mass is 9.51. The van der Waals surface area contributed by atoms with Crippen LogP contribution in [0.2, 0.25) is 0 Å². The van der Waals surface area contributed by atoms with Crippen LogP contribution in [0.25, 0.3) is 0 Å². The fourth-order valence-electron chi connectivity index (χ4n) is 8.06. The smallest absolute Gasteiger partial charge is 0.342 e. The molecule has 10 atom stereocenters. The van der Waals surface area contributed by atoms with E-state index in [-0.39, 0.29) is 17.8 Å². The Bertz CT molecular complexity index is 893. The van der Waals surface area contributed by atoms with Crippen molar-refractivity contribution in [3.8, 4) is 0 Å². The van der Waals surface area contributed by atoms with Gasteiger partial charge in [0.05, 0.1) is 16.7 Å². The molecule has 2 saturated carbocycles. The first-order valence-corrected chi connectivity index (χ1v) is 10.1. The van der Waals surface area contributed by atoms with E-state index in [2.05, 4.69) is 0 Å². The molecule has 2 spiro atoms. The highest BCUT2D eigenvalue weighted by Gasteiger charge is 3.01. The van der Waals surface area contributed by atoms with Crippen molar-refractivity contribution < 1.29 is 43.5 Å². The highest BCUT2D eigenvalue weighted by atomic mass is 16.8. The van der Waals surface area contributed by atoms with Crippen molar-refractivity contribution in [2.75, 3.05) is 0 Å². The molecular formula is C20H24O9. The molecule has 9 nitrogen and oxygen atoms in total. The molecule has 6 fully saturated rings. The van der Waals surface area contributed by atoms with Crippen LogP contribution < -0.4 is 0 Å². The first kappa shape index (κ1) is 18.1. The van der Waals surface area contributed by atoms with E-state index in [1.165, 1.54) is 6.92 Å². The second-order valence-electron chi connectivity index (χ2n) is 10.6. The van der Waals surface area contributed by atoms with Crippen molar-refractivity contribution in [1.29, 1.82) is 0 Å². The Morgan fingerprint density at radius 2 is 1.72 bits per heavy atom. The summed E-state index contributed by atoms with van der Waals surface area (Å²) >= 11 is 0. The third-order valence-corrected chi connectivity index (χ3v) is 8.97. The fraction of sp³-hybridized carbons (Fsp3) is 0.850. The van der Waals surface area contributed by atoms with E-state index in [9.17, 15) is 24.6 Å². The lowest BCUT2D eigenvalue weighted by molar-refractivity contribution is -0.238. The van der Waals surface area contributed by atoms with E-state index in [0.29, 0.717) is 6.42 Å². The van der Waals surface area contributed by atoms with Crippen molar-refractivity contribution in [2.24, 2.45) is 28.1 Å². The van der Waals surface area contributed by atoms with Gasteiger partial charge in [-0.25, -0.2) is 9.59 Å². The van der Waals surface area contributed by atoms with Crippen LogP contribution in [-0.2, 0) is 33.3 Å². The van der Waals surface area contributed by atoms with E-state index >= 15 is 0 Å². The molecule has 2 aliphatic carbocycles. The molecule has 4 saturated heterocycles. The van der Waals surface area contributed by atoms with Gasteiger partial charge in [-0.2, -0.15) is 0 Å². The number of carbonyl (C=O) groups excluding carboxylic acids is 3. The molecule has 9 heteroatoms. The van der Waals surface area contributed by atoms with E-state index in [0.717, 1.165) is 0 Å². The van der Waals surface area contributed by atoms with E-state index in [1.54, 1.807) is 0 Å². The molecule has 0 bridgehead atoms. The van der Waals surface area contributed by atoms with Crippen LogP contribution in [-0.4, -0.2) is 63.9 Å². The SMILES string of the molecule is CC1C(=O)O[C@@H]2C[C@@]34[C@@H]5CC(C(C)(C)C)C36C(O)C(=O)O[C@@H]6OC4(C(=O)O5)[C@@]12O. The van der Waals surface area contributed by atoms with Crippen molar-refractivity contribution in [1.82, 2.24) is 0 Å². The van der Waals surface area contributed by atoms with Crippen molar-refractivity contribution >= 4 is 17.9 Å². The van der Waals surface area contributed by atoms with E-state index < -0.39 is 70.5 Å². The molecule has 5 unspecified atom stereocenters. The van der Waals surface area contributed by atoms with Crippen molar-refractivity contribution in [2.45, 2.75) is 76.3 Å². The van der Waals surface area contributed by atoms with Gasteiger partial charge in [0.2, 0.25) is 11.9 Å². The zero-order chi connectivity index (χ0) is 20.9. The molecule has 29 heavy (non-hydrogen) atoms. The average Bonchev–Trinajstić information content (AvgIpc) is 3.31. The monoisotopic (exact) mass is 408 g/mol. The molecule has 4 heterocycles. The topological polar surface area (TPSA) is 129 Å². The second kappa shape index (κ2) is 4.48. The predicted octanol–water partition coefficient (Wildman–Crippen LogP) is -0.340. The zero-order valence-corrected chi connectivity index (χ0v) is 16.6. The van der Waals surface area contributed by atoms with Gasteiger partial charge in [0.15, 0.2) is 11.7 Å². The molecule has 0 amide bonds. The molecule has 0 aromatic rings. The highest BCUT2D eigenvalue weighted by Crippen LogP contribution is 2.84. The molecule has 0 radical (unpaired) electrons. The highest BCUT2D eigenvalue weighted by molar-refractivity contribution is 5.93. The molecule has 0 aromatic carbocycles. The summed E-state index contributed by atoms with van der Waals surface area (Å²) in [6, 6.07) is 0. The van der Waals surface area contributed by atoms with Crippen LogP contribution >= 0.6 is 0 Å². The number of aliphatic hydroxyl groups excluding tert-OH is 1. The minimum atomic E-state index is -1.97. The maximum atomic E-state index is 13.3. The summed E-state index contributed by atoms with van der Waals surface area (Å²) in [4.78, 5) is 38.1. The van der Waals surface area contributed by atoms with Crippen molar-refractivity contribution in [3.05, 3.63) is 0 Å². The van der Waals surface area contributed by atoms with Gasteiger partial charge in [0.25, 0.3) is 0 Å². The summed E-state index contributed by atoms with van der Waals surface area (Å²) in [5.74, 6) is -3.52. The number of carbonyl (C=O) groups is 3. The van der Waals surface area contributed by atoms with Crippen LogP contribution in [0.4, 0.5) is 0 Å². The quantitative estimate of drug-likeness (QED) is 0.408. The minimum Gasteiger partial charge on any atom is -0.459 e. The van der Waals surface area contributed by atoms with E-state index in [1.807, 2.05) is 20.8 Å². The second-order valence-corrected chi connectivity index (χ2v) is 10.6. The summed E-state index contributed by atoms with van der Waals surface area (Å²) in [5.41, 5.74) is -6.81. The average molecular weight is 408 g/mol. The maximum Gasteiger partial charge on any atom is 0.342 e. The Kier molecular flexibility index (Phi) is 2.79. The number of rotatable bonds is 0. The number of ether oxygens (including phenoxy) is 4. The van der Waals surface area contributed by atoms with E-state index in [4.69, 9.17) is 18.9 Å². The number of fused-ring (bicyclic) bond motifs is 1. The molecule has 2 N–H and O–H groups in total. The molecule has 158 valence electrons. The Labute approximate surface area is 166 Å². The number of aliphatic hydroxyl groups is 2. The lowest BCUT2D eigenvalue weighted by Gasteiger charge is -2.46. The van der Waals surface area contributed by atoms with Crippen LogP contribution in [0.15, 0.2) is 0 Å². The van der Waals surface area contributed by atoms with Crippen LogP contribution in [0.5, 0.6) is 0 Å². The third kappa shape index (κ3) is 1.35. The summed E-state index contributed by atoms with van der Waals surface area (Å²) in [5, 5.41) is 23.0. The first-order valence-electron chi connectivity index (χ1n) is 10.1. The van der Waals surface area contributed by atoms with Gasteiger partial charge in [-0.3, -0.25) is 4.79 Å². The normalized spacial score (nSPS) is 59.2. The fourth-order valence-corrected chi connectivity index (χ4v) is 8.06. The van der Waals surface area contributed by atoms with Gasteiger partial charge in [-0.1, -0.05) is 20.8 Å². The number of hydrogen-bond donors (Lipinski definition) is 2. The summed E-state index contributed by atoms with van der Waals surface area (Å²) in [6.45, 7) is 7.47. The Morgan fingerprint density at radius 1 is 1.03 bits per heavy atom. The number of hydrogen-bond acceptors (Lipinski definition) is 9. The van der Waals surface area contributed by atoms with Gasteiger partial charge in [0, 0.05) is 6.42 Å². The Balaban J connectivity index is 1.68. The van der Waals surface area contributed by atoms with Gasteiger partial charge in [-0.15, -0.1) is 0 Å². The van der Waals surface area contributed by atoms with Gasteiger partial charge < -0.3 is 29.2 Å². The van der Waals surface area contributed by atoms with Gasteiger partial charge >= 0.3 is 17.9 Å². The predicted molar refractivity (Wildman–Crippen MR) is 90.6 cm³/mol. The van der Waals surface area contributed by atoms with Gasteiger partial charge in [-0.05, 0) is 24.7 Å². The van der Waals surface area contributed by atoms with Crippen LogP contribution in [0, 0.1) is 28.1 Å². The van der Waals surface area contributed by atoms with Crippen molar-refractivity contribution in [3.63, 3.8) is 0 Å². The molecular weight excluding hydrogens is 384 g/mol. The maximum absolute atomic E-state index is 13.3. The zero-order valence-electron chi connectivity index (χ0n) is 16.6. The molecule has 4 aliphatic heterocycles. The summed E-state index contributed by atoms with van der Waals surface area (Å²) in [6.07, 6.45) is -3.96. The molecule has 6 aliphatic rings. The largest absolute Gasteiger partial charge is 0.459 e. The Hall–Kier alpha value is -1.71. The first-order chi connectivity index (χ1) is 13.4. The Morgan fingerprint density at radius 3 is 2.38 bits per heavy atom. The number of esters is 3. The molecule has 0 aromatic heterocycles. The van der Waals surface area contributed by atoms with Gasteiger partial charge in [0.1, 0.15) is 12.2 Å². The third-order valence-electron chi connectivity index (χ3n) is 8.97. The molecule has 6 rings (SSSR count). The lowest BCUT2D eigenvalue weighted by Crippen LogP contribution is -2.66. The minimum absolute atomic E-state index is 0.0623. The summed E-state index contributed by atoms with van der Waals surface area (Å²) in [7, 11) is 0. The summed E-state index contributed by atoms with van der Waals surface area (Å²) < 4.78 is 22.9. The van der Waals surface area contributed by atoms with Crippen LogP contribution in [0.3, 0.4) is 0 Å². The van der Waals surface area contributed by atoms with Crippen LogP contribution in [0.1, 0.15) is 40.5 Å².